The molecule has 13 heteroatoms. The maximum atomic E-state index is 14.7. The maximum Gasteiger partial charge on any atom is 0.258 e. The van der Waals surface area contributed by atoms with Crippen molar-refractivity contribution in [2.45, 2.75) is 28.5 Å². The molecule has 5 aromatic rings. The number of allylic oxidation sites excluding steroid dienone is 2. The summed E-state index contributed by atoms with van der Waals surface area (Å²) in [6, 6.07) is 29.6. The van der Waals surface area contributed by atoms with Gasteiger partial charge in [0.25, 0.3) is 11.8 Å². The SMILES string of the molecule is CN(C)c1ccc(N=Nc2ccc(N3C(=O)C4CC=C5C(CC6(Cl)C(=O)N(c7ccc(F)cc7)C(=O)C6(Cl)C5c5ccc6ccccc6c5O)C4C3=O)cc2)cc1. The number of azo groups is 1. The number of aromatic hydroxyl groups is 1. The van der Waals surface area contributed by atoms with Crippen molar-refractivity contribution in [2.75, 3.05) is 28.8 Å². The number of rotatable bonds is 6. The lowest BCUT2D eigenvalue weighted by Crippen LogP contribution is -2.60. The van der Waals surface area contributed by atoms with E-state index < -0.39 is 62.9 Å². The number of phenolic OH excluding ortho intramolecular Hbond substituents is 1. The second-order valence-corrected chi connectivity index (χ2v) is 16.4. The molecular formula is C44H34Cl2FN5O5. The molecule has 5 aromatic carbocycles. The molecule has 2 heterocycles. The Labute approximate surface area is 336 Å². The predicted molar refractivity (Wildman–Crippen MR) is 216 cm³/mol. The molecule has 2 aliphatic heterocycles. The topological polar surface area (TPSA) is 123 Å². The molecule has 6 atom stereocenters. The Balaban J connectivity index is 1.10. The summed E-state index contributed by atoms with van der Waals surface area (Å²) in [4.78, 5) is 57.8. The maximum absolute atomic E-state index is 14.7. The van der Waals surface area contributed by atoms with E-state index in [1.54, 1.807) is 48.5 Å². The Bertz CT molecular complexity index is 2580. The van der Waals surface area contributed by atoms with Crippen LogP contribution in [0.1, 0.15) is 24.3 Å². The number of phenols is 1. The third kappa shape index (κ3) is 5.43. The van der Waals surface area contributed by atoms with Crippen LogP contribution in [0.15, 0.2) is 131 Å². The van der Waals surface area contributed by atoms with Crippen molar-refractivity contribution in [3.63, 3.8) is 0 Å². The molecule has 0 bridgehead atoms. The highest BCUT2D eigenvalue weighted by molar-refractivity contribution is 6.58. The van der Waals surface area contributed by atoms with Crippen LogP contribution in [-0.4, -0.2) is 52.6 Å². The van der Waals surface area contributed by atoms with Gasteiger partial charge in [0, 0.05) is 36.7 Å². The van der Waals surface area contributed by atoms with Crippen LogP contribution in [0.3, 0.4) is 0 Å². The quantitative estimate of drug-likeness (QED) is 0.0792. The zero-order chi connectivity index (χ0) is 40.0. The lowest BCUT2D eigenvalue weighted by Gasteiger charge is -2.50. The molecule has 0 radical (unpaired) electrons. The number of alkyl halides is 2. The minimum absolute atomic E-state index is 0.0701. The first kappa shape index (κ1) is 36.7. The number of hydrogen-bond donors (Lipinski definition) is 1. The van der Waals surface area contributed by atoms with Crippen molar-refractivity contribution < 1.29 is 28.7 Å². The summed E-state index contributed by atoms with van der Waals surface area (Å²) in [5.74, 6) is -7.04. The number of benzene rings is 5. The zero-order valence-electron chi connectivity index (χ0n) is 30.6. The molecule has 2 saturated heterocycles. The van der Waals surface area contributed by atoms with Gasteiger partial charge >= 0.3 is 0 Å². The number of halogens is 3. The second kappa shape index (κ2) is 13.3. The van der Waals surface area contributed by atoms with Gasteiger partial charge in [0.05, 0.1) is 34.6 Å². The number of carbonyl (C=O) groups excluding carboxylic acids is 4. The van der Waals surface area contributed by atoms with Crippen molar-refractivity contribution >= 4 is 86.0 Å². The summed E-state index contributed by atoms with van der Waals surface area (Å²) in [6.07, 6.45) is 1.71. The predicted octanol–water partition coefficient (Wildman–Crippen LogP) is 8.93. The van der Waals surface area contributed by atoms with Crippen LogP contribution in [0.25, 0.3) is 10.8 Å². The van der Waals surface area contributed by atoms with E-state index in [9.17, 15) is 28.7 Å². The fourth-order valence-corrected chi connectivity index (χ4v) is 10.0. The van der Waals surface area contributed by atoms with Crippen LogP contribution in [0.5, 0.6) is 5.75 Å². The largest absolute Gasteiger partial charge is 0.507 e. The molecule has 9 rings (SSSR count). The normalized spacial score (nSPS) is 26.9. The highest BCUT2D eigenvalue weighted by Gasteiger charge is 2.77. The number of fused-ring (bicyclic) bond motifs is 5. The molecule has 1 saturated carbocycles. The average molecular weight is 803 g/mol. The van der Waals surface area contributed by atoms with Crippen LogP contribution in [0.2, 0.25) is 0 Å². The summed E-state index contributed by atoms with van der Waals surface area (Å²) in [7, 11) is 3.90. The van der Waals surface area contributed by atoms with E-state index >= 15 is 0 Å². The third-order valence-corrected chi connectivity index (χ3v) is 13.3. The molecule has 4 aliphatic rings. The Morgan fingerprint density at radius 2 is 1.35 bits per heavy atom. The van der Waals surface area contributed by atoms with E-state index in [0.29, 0.717) is 28.0 Å². The van der Waals surface area contributed by atoms with Gasteiger partial charge in [0.2, 0.25) is 11.8 Å². The first-order valence-electron chi connectivity index (χ1n) is 18.4. The van der Waals surface area contributed by atoms with Gasteiger partial charge in [-0.1, -0.05) is 48.0 Å². The van der Waals surface area contributed by atoms with Crippen molar-refractivity contribution in [1.82, 2.24) is 0 Å². The molecular weight excluding hydrogens is 768 g/mol. The minimum Gasteiger partial charge on any atom is -0.507 e. The van der Waals surface area contributed by atoms with Crippen molar-refractivity contribution in [3.8, 4) is 5.75 Å². The van der Waals surface area contributed by atoms with Crippen molar-refractivity contribution in [1.29, 1.82) is 0 Å². The molecule has 286 valence electrons. The first-order chi connectivity index (χ1) is 27.3. The lowest BCUT2D eigenvalue weighted by molar-refractivity contribution is -0.125. The minimum atomic E-state index is -2.18. The Hall–Kier alpha value is -5.91. The summed E-state index contributed by atoms with van der Waals surface area (Å²) in [6.45, 7) is 0. The van der Waals surface area contributed by atoms with Crippen molar-refractivity contribution in [3.05, 3.63) is 132 Å². The number of imide groups is 2. The first-order valence-corrected chi connectivity index (χ1v) is 19.2. The van der Waals surface area contributed by atoms with Crippen LogP contribution in [0.4, 0.5) is 32.8 Å². The van der Waals surface area contributed by atoms with E-state index in [-0.39, 0.29) is 29.8 Å². The number of nitrogens with zero attached hydrogens (tertiary/aromatic N) is 5. The van der Waals surface area contributed by atoms with E-state index in [0.717, 1.165) is 33.0 Å². The summed E-state index contributed by atoms with van der Waals surface area (Å²) in [5.41, 5.74) is 3.39. The molecule has 3 fully saturated rings. The van der Waals surface area contributed by atoms with Gasteiger partial charge in [-0.15, -0.1) is 23.2 Å². The molecule has 2 aliphatic carbocycles. The average Bonchev–Trinajstić information content (AvgIpc) is 3.55. The number of carbonyl (C=O) groups is 4. The van der Waals surface area contributed by atoms with Gasteiger partial charge in [0.15, 0.2) is 9.75 Å². The number of amides is 4. The number of hydrogen-bond acceptors (Lipinski definition) is 8. The van der Waals surface area contributed by atoms with Crippen LogP contribution in [0, 0.1) is 23.6 Å². The van der Waals surface area contributed by atoms with Gasteiger partial charge in [-0.3, -0.25) is 24.1 Å². The van der Waals surface area contributed by atoms with E-state index in [4.69, 9.17) is 23.2 Å². The lowest BCUT2D eigenvalue weighted by atomic mass is 9.56. The summed E-state index contributed by atoms with van der Waals surface area (Å²) in [5, 5.41) is 21.7. The fraction of sp³-hybridized carbons (Fsp3) is 0.227. The molecule has 1 N–H and O–H groups in total. The van der Waals surface area contributed by atoms with Gasteiger partial charge < -0.3 is 10.0 Å². The molecule has 10 nitrogen and oxygen atoms in total. The van der Waals surface area contributed by atoms with E-state index in [1.807, 2.05) is 61.5 Å². The summed E-state index contributed by atoms with van der Waals surface area (Å²) >= 11 is 15.0. The Morgan fingerprint density at radius 1 is 0.737 bits per heavy atom. The third-order valence-electron chi connectivity index (χ3n) is 11.9. The zero-order valence-corrected chi connectivity index (χ0v) is 32.2. The standard InChI is InChI=1S/C44H34Cl2FN5O5/c1-50(2)28-16-10-26(11-17-28)48-49-27-12-18-29(19-13-27)51-39(54)33-22-21-32-35(36(33)40(51)55)23-43(45)41(56)52(30-14-8-25(47)9-15-30)42(57)44(43,46)37(32)34-20-7-24-5-3-4-6-31(24)38(34)53/h3-21,33,35-37,53H,22-23H2,1-2H3. The monoisotopic (exact) mass is 801 g/mol. The highest BCUT2D eigenvalue weighted by atomic mass is 35.5. The number of anilines is 3. The summed E-state index contributed by atoms with van der Waals surface area (Å²) < 4.78 is 14.0. The fourth-order valence-electron chi connectivity index (χ4n) is 9.10. The van der Waals surface area contributed by atoms with E-state index in [1.165, 1.54) is 12.1 Å². The molecule has 57 heavy (non-hydrogen) atoms. The van der Waals surface area contributed by atoms with E-state index in [2.05, 4.69) is 10.2 Å². The van der Waals surface area contributed by atoms with Gasteiger partial charge in [0.1, 0.15) is 11.6 Å². The Morgan fingerprint density at radius 3 is 2.02 bits per heavy atom. The van der Waals surface area contributed by atoms with Gasteiger partial charge in [-0.2, -0.15) is 10.2 Å². The van der Waals surface area contributed by atoms with Crippen LogP contribution in [-0.2, 0) is 19.2 Å². The molecule has 4 amide bonds. The molecule has 6 unspecified atom stereocenters. The second-order valence-electron chi connectivity index (χ2n) is 15.1. The van der Waals surface area contributed by atoms with Gasteiger partial charge in [-0.25, -0.2) is 9.29 Å². The van der Waals surface area contributed by atoms with Gasteiger partial charge in [-0.05, 0) is 96.9 Å². The van der Waals surface area contributed by atoms with Crippen molar-refractivity contribution in [2.24, 2.45) is 28.0 Å². The Kier molecular flexibility index (Phi) is 8.60. The highest BCUT2D eigenvalue weighted by Crippen LogP contribution is 2.66. The molecule has 0 aromatic heterocycles. The van der Waals surface area contributed by atoms with Crippen LogP contribution >= 0.6 is 23.2 Å². The molecule has 0 spiro atoms. The van der Waals surface area contributed by atoms with Crippen LogP contribution < -0.4 is 14.7 Å². The smallest absolute Gasteiger partial charge is 0.258 e.